The van der Waals surface area contributed by atoms with Crippen molar-refractivity contribution in [1.29, 1.82) is 0 Å². The van der Waals surface area contributed by atoms with Crippen molar-refractivity contribution in [3.63, 3.8) is 0 Å². The van der Waals surface area contributed by atoms with Gasteiger partial charge in [-0.3, -0.25) is 4.79 Å². The minimum atomic E-state index is -2.00. The molecule has 9 nitrogen and oxygen atoms in total. The number of urea groups is 1. The highest BCUT2D eigenvalue weighted by molar-refractivity contribution is 9.10. The second-order valence-electron chi connectivity index (χ2n) is 6.44. The quantitative estimate of drug-likeness (QED) is 0.555. The van der Waals surface area contributed by atoms with Crippen molar-refractivity contribution >= 4 is 40.1 Å². The van der Waals surface area contributed by atoms with E-state index in [0.29, 0.717) is 4.60 Å². The molecule has 1 saturated heterocycles. The third-order valence-electron chi connectivity index (χ3n) is 3.43. The Hall–Kier alpha value is -2.49. The van der Waals surface area contributed by atoms with Crippen molar-refractivity contribution in [2.45, 2.75) is 38.8 Å². The Morgan fingerprint density at radius 2 is 1.88 bits per heavy atom. The van der Waals surface area contributed by atoms with E-state index in [9.17, 15) is 24.3 Å². The molecule has 1 N–H and O–H groups in total. The summed E-state index contributed by atoms with van der Waals surface area (Å²) in [5.41, 5.74) is -2.98. The number of carboxylic acid groups (broad SMARTS) is 1. The summed E-state index contributed by atoms with van der Waals surface area (Å²) >= 11 is 3.13. The lowest BCUT2D eigenvalue weighted by molar-refractivity contribution is -0.132. The number of aromatic nitrogens is 1. The molecule has 0 radical (unpaired) electrons. The summed E-state index contributed by atoms with van der Waals surface area (Å²) in [6.45, 7) is 5.88. The smallest absolute Gasteiger partial charge is 0.425 e. The van der Waals surface area contributed by atoms with E-state index in [-0.39, 0.29) is 15.5 Å². The molecule has 1 atom stereocenters. The molecular weight excluding hydrogens is 398 g/mol. The lowest BCUT2D eigenvalue weighted by atomic mass is 9.95. The summed E-state index contributed by atoms with van der Waals surface area (Å²) in [4.78, 5) is 53.7. The Balaban J connectivity index is 2.56. The van der Waals surface area contributed by atoms with Crippen LogP contribution in [0.5, 0.6) is 0 Å². The van der Waals surface area contributed by atoms with Crippen LogP contribution in [0, 0.1) is 0 Å². The van der Waals surface area contributed by atoms with Crippen LogP contribution in [0.1, 0.15) is 33.4 Å². The lowest BCUT2D eigenvalue weighted by Gasteiger charge is -2.27. The van der Waals surface area contributed by atoms with Crippen molar-refractivity contribution in [2.75, 3.05) is 0 Å². The summed E-state index contributed by atoms with van der Waals surface area (Å²) in [6.07, 6.45) is -2.93. The number of imide groups is 4. The van der Waals surface area contributed by atoms with Gasteiger partial charge in [-0.1, -0.05) is 6.07 Å². The van der Waals surface area contributed by atoms with Crippen LogP contribution in [0.15, 0.2) is 22.8 Å². The number of nitrogens with zero attached hydrogens (tertiary/aromatic N) is 3. The van der Waals surface area contributed by atoms with Crippen molar-refractivity contribution < 1.29 is 29.0 Å². The van der Waals surface area contributed by atoms with Gasteiger partial charge in [-0.2, -0.15) is 4.90 Å². The van der Waals surface area contributed by atoms with Crippen LogP contribution in [0.2, 0.25) is 0 Å². The Morgan fingerprint density at radius 1 is 1.28 bits per heavy atom. The molecule has 1 fully saturated rings. The molecule has 2 rings (SSSR count). The first kappa shape index (κ1) is 18.8. The third kappa shape index (κ3) is 3.21. The van der Waals surface area contributed by atoms with Crippen LogP contribution in [0.25, 0.3) is 0 Å². The normalized spacial score (nSPS) is 20.8. The maximum absolute atomic E-state index is 12.8. The van der Waals surface area contributed by atoms with Gasteiger partial charge in [-0.15, -0.1) is 0 Å². The van der Waals surface area contributed by atoms with E-state index in [0.717, 1.165) is 0 Å². The van der Waals surface area contributed by atoms with Gasteiger partial charge in [-0.05, 0) is 55.8 Å². The summed E-state index contributed by atoms with van der Waals surface area (Å²) in [6, 6.07) is 3.19. The molecule has 134 valence electrons. The standard InChI is InChI=1S/C15H16BrN3O6/c1-14(2,3)25-13(24)18-10(20)15(4,19(11(18)21)12(22)23)8-6-5-7-9(16)17-8/h5-7H,1-4H3,(H,22,23). The van der Waals surface area contributed by atoms with Crippen molar-refractivity contribution in [2.24, 2.45) is 0 Å². The van der Waals surface area contributed by atoms with Gasteiger partial charge >= 0.3 is 18.2 Å². The summed E-state index contributed by atoms with van der Waals surface area (Å²) in [7, 11) is 0. The molecule has 1 aromatic rings. The predicted molar refractivity (Wildman–Crippen MR) is 87.6 cm³/mol. The number of pyridine rings is 1. The first-order chi connectivity index (χ1) is 11.4. The van der Waals surface area contributed by atoms with Crippen molar-refractivity contribution in [1.82, 2.24) is 14.8 Å². The maximum atomic E-state index is 12.8. The summed E-state index contributed by atoms with van der Waals surface area (Å²) in [5.74, 6) is -1.06. The number of carbonyl (C=O) groups excluding carboxylic acids is 3. The fraction of sp³-hybridized carbons (Fsp3) is 0.400. The molecule has 25 heavy (non-hydrogen) atoms. The minimum absolute atomic E-state index is 0.00585. The topological polar surface area (TPSA) is 117 Å². The highest BCUT2D eigenvalue weighted by Gasteiger charge is 2.62. The van der Waals surface area contributed by atoms with Crippen LogP contribution in [0.4, 0.5) is 14.4 Å². The molecule has 1 aliphatic heterocycles. The fourth-order valence-corrected chi connectivity index (χ4v) is 2.68. The summed E-state index contributed by atoms with van der Waals surface area (Å²) in [5, 5.41) is 9.43. The van der Waals surface area contributed by atoms with E-state index < -0.39 is 35.3 Å². The molecule has 10 heteroatoms. The van der Waals surface area contributed by atoms with Crippen molar-refractivity contribution in [3.05, 3.63) is 28.5 Å². The molecule has 0 aromatic carbocycles. The number of hydrogen-bond acceptors (Lipinski definition) is 6. The van der Waals surface area contributed by atoms with E-state index >= 15 is 0 Å². The van der Waals surface area contributed by atoms with Gasteiger partial charge in [0.15, 0.2) is 5.54 Å². The predicted octanol–water partition coefficient (Wildman–Crippen LogP) is 2.94. The van der Waals surface area contributed by atoms with Crippen LogP contribution in [0.3, 0.4) is 0 Å². The van der Waals surface area contributed by atoms with E-state index in [1.54, 1.807) is 26.8 Å². The molecule has 0 spiro atoms. The maximum Gasteiger partial charge on any atom is 0.425 e. The SMILES string of the molecule is CC(C)(C)OC(=O)N1C(=O)N(C(=O)O)C(C)(c2cccc(Br)n2)C1=O. The zero-order valence-corrected chi connectivity index (χ0v) is 15.5. The Kier molecular flexibility index (Phi) is 4.60. The minimum Gasteiger partial charge on any atom is -0.465 e. The number of ether oxygens (including phenoxy) is 1. The van der Waals surface area contributed by atoms with E-state index in [1.807, 2.05) is 0 Å². The molecule has 0 aliphatic carbocycles. The monoisotopic (exact) mass is 413 g/mol. The zero-order chi connectivity index (χ0) is 19.2. The molecular formula is C15H16BrN3O6. The van der Waals surface area contributed by atoms with Crippen LogP contribution in [-0.4, -0.2) is 49.6 Å². The van der Waals surface area contributed by atoms with E-state index in [4.69, 9.17) is 4.74 Å². The molecule has 0 bridgehead atoms. The highest BCUT2D eigenvalue weighted by Crippen LogP contribution is 2.37. The molecule has 5 amide bonds. The van der Waals surface area contributed by atoms with Gasteiger partial charge in [0.2, 0.25) is 0 Å². The van der Waals surface area contributed by atoms with Crippen LogP contribution < -0.4 is 0 Å². The molecule has 1 aromatic heterocycles. The van der Waals surface area contributed by atoms with Crippen LogP contribution in [-0.2, 0) is 15.1 Å². The lowest BCUT2D eigenvalue weighted by Crippen LogP contribution is -2.47. The van der Waals surface area contributed by atoms with Gasteiger partial charge in [0.05, 0.1) is 5.69 Å². The molecule has 1 aliphatic rings. The van der Waals surface area contributed by atoms with E-state index in [2.05, 4.69) is 20.9 Å². The average Bonchev–Trinajstić information content (AvgIpc) is 2.65. The molecule has 2 heterocycles. The van der Waals surface area contributed by atoms with Gasteiger partial charge in [0, 0.05) is 0 Å². The number of amides is 5. The second-order valence-corrected chi connectivity index (χ2v) is 7.25. The van der Waals surface area contributed by atoms with E-state index in [1.165, 1.54) is 19.1 Å². The molecule has 0 saturated carbocycles. The summed E-state index contributed by atoms with van der Waals surface area (Å²) < 4.78 is 5.38. The number of carbonyl (C=O) groups is 4. The second kappa shape index (κ2) is 6.10. The number of hydrogen-bond donors (Lipinski definition) is 1. The van der Waals surface area contributed by atoms with Gasteiger partial charge in [0.1, 0.15) is 10.2 Å². The highest BCUT2D eigenvalue weighted by atomic mass is 79.9. The third-order valence-corrected chi connectivity index (χ3v) is 3.87. The zero-order valence-electron chi connectivity index (χ0n) is 13.9. The first-order valence-electron chi connectivity index (χ1n) is 7.17. The largest absolute Gasteiger partial charge is 0.465 e. The van der Waals surface area contributed by atoms with Gasteiger partial charge < -0.3 is 9.84 Å². The fourth-order valence-electron chi connectivity index (χ4n) is 2.34. The Bertz CT molecular complexity index is 775. The number of halogens is 1. The first-order valence-corrected chi connectivity index (χ1v) is 7.96. The Morgan fingerprint density at radius 3 is 2.36 bits per heavy atom. The average molecular weight is 414 g/mol. The molecule has 1 unspecified atom stereocenters. The number of rotatable bonds is 1. The Labute approximate surface area is 151 Å². The van der Waals surface area contributed by atoms with Crippen LogP contribution >= 0.6 is 15.9 Å². The van der Waals surface area contributed by atoms with Crippen molar-refractivity contribution in [3.8, 4) is 0 Å². The van der Waals surface area contributed by atoms with Gasteiger partial charge in [0.25, 0.3) is 5.91 Å². The van der Waals surface area contributed by atoms with Gasteiger partial charge in [-0.25, -0.2) is 24.3 Å².